The van der Waals surface area contributed by atoms with Crippen LogP contribution in [0, 0.1) is 29.6 Å². The first-order chi connectivity index (χ1) is 8.65. The van der Waals surface area contributed by atoms with Crippen molar-refractivity contribution in [2.24, 2.45) is 29.6 Å². The Balaban J connectivity index is 2.77. The molecule has 0 spiro atoms. The van der Waals surface area contributed by atoms with Gasteiger partial charge in [0.15, 0.2) is 0 Å². The Hall–Kier alpha value is 0. The molecule has 0 N–H and O–H groups in total. The van der Waals surface area contributed by atoms with E-state index >= 15 is 0 Å². The Morgan fingerprint density at radius 3 is 2.11 bits per heavy atom. The minimum Gasteiger partial charge on any atom is -0.0654 e. The Morgan fingerprint density at radius 2 is 1.61 bits per heavy atom. The maximum Gasteiger partial charge on any atom is -0.0383 e. The van der Waals surface area contributed by atoms with E-state index in [-0.39, 0.29) is 0 Å². The third-order valence-corrected chi connectivity index (χ3v) is 5.75. The minimum atomic E-state index is 0.939. The SMILES string of the molecule is CCCC1CC(C(C)CC)CC(CC)CC1CC. The van der Waals surface area contributed by atoms with E-state index in [2.05, 4.69) is 34.6 Å². The second kappa shape index (κ2) is 8.23. The molecule has 5 unspecified atom stereocenters. The third kappa shape index (κ3) is 4.28. The zero-order valence-corrected chi connectivity index (χ0v) is 13.5. The molecule has 0 heteroatoms. The van der Waals surface area contributed by atoms with Gasteiger partial charge in [-0.2, -0.15) is 0 Å². The lowest BCUT2D eigenvalue weighted by molar-refractivity contribution is 0.226. The standard InChI is InChI=1S/C18H36/c1-6-10-17-13-18(14(5)7-2)12-15(8-3)11-16(17)9-4/h14-18H,6-13H2,1-5H3. The fourth-order valence-corrected chi connectivity index (χ4v) is 4.18. The van der Waals surface area contributed by atoms with Gasteiger partial charge in [0.05, 0.1) is 0 Å². The van der Waals surface area contributed by atoms with Crippen molar-refractivity contribution in [3.63, 3.8) is 0 Å². The largest absolute Gasteiger partial charge is 0.0654 e. The molecule has 0 heterocycles. The molecule has 1 fully saturated rings. The van der Waals surface area contributed by atoms with Gasteiger partial charge in [-0.15, -0.1) is 0 Å². The molecule has 18 heavy (non-hydrogen) atoms. The molecule has 1 rings (SSSR count). The van der Waals surface area contributed by atoms with Crippen molar-refractivity contribution in [1.29, 1.82) is 0 Å². The molecular formula is C18H36. The third-order valence-electron chi connectivity index (χ3n) is 5.75. The highest BCUT2D eigenvalue weighted by Gasteiger charge is 2.32. The molecular weight excluding hydrogens is 216 g/mol. The van der Waals surface area contributed by atoms with Crippen LogP contribution in [-0.4, -0.2) is 0 Å². The summed E-state index contributed by atoms with van der Waals surface area (Å²) in [7, 11) is 0. The molecule has 1 aliphatic carbocycles. The van der Waals surface area contributed by atoms with E-state index in [1.807, 2.05) is 0 Å². The maximum atomic E-state index is 2.49. The lowest BCUT2D eigenvalue weighted by atomic mass is 9.78. The fraction of sp³-hybridized carbons (Fsp3) is 1.00. The molecule has 0 radical (unpaired) electrons. The summed E-state index contributed by atoms with van der Waals surface area (Å²) in [5.41, 5.74) is 0. The van der Waals surface area contributed by atoms with Crippen molar-refractivity contribution in [3.05, 3.63) is 0 Å². The van der Waals surface area contributed by atoms with Gasteiger partial charge >= 0.3 is 0 Å². The van der Waals surface area contributed by atoms with E-state index in [1.165, 1.54) is 51.4 Å². The molecule has 0 aromatic carbocycles. The summed E-state index contributed by atoms with van der Waals surface area (Å²) in [6.07, 6.45) is 11.6. The first-order valence-electron chi connectivity index (χ1n) is 8.65. The Bertz CT molecular complexity index is 208. The van der Waals surface area contributed by atoms with Gasteiger partial charge in [-0.3, -0.25) is 0 Å². The average molecular weight is 252 g/mol. The van der Waals surface area contributed by atoms with Gasteiger partial charge < -0.3 is 0 Å². The zero-order valence-electron chi connectivity index (χ0n) is 13.5. The predicted octanol–water partition coefficient (Wildman–Crippen LogP) is 6.30. The topological polar surface area (TPSA) is 0 Å². The van der Waals surface area contributed by atoms with Gasteiger partial charge in [0.25, 0.3) is 0 Å². The first kappa shape index (κ1) is 16.1. The Morgan fingerprint density at radius 1 is 0.889 bits per heavy atom. The summed E-state index contributed by atoms with van der Waals surface area (Å²) in [6, 6.07) is 0. The van der Waals surface area contributed by atoms with E-state index in [9.17, 15) is 0 Å². The number of hydrogen-bond donors (Lipinski definition) is 0. The van der Waals surface area contributed by atoms with E-state index in [0.29, 0.717) is 0 Å². The minimum absolute atomic E-state index is 0.939. The van der Waals surface area contributed by atoms with E-state index in [0.717, 1.165) is 29.6 Å². The first-order valence-corrected chi connectivity index (χ1v) is 8.65. The zero-order chi connectivity index (χ0) is 13.5. The highest BCUT2D eigenvalue weighted by Crippen LogP contribution is 2.43. The summed E-state index contributed by atoms with van der Waals surface area (Å²) >= 11 is 0. The second-order valence-electron chi connectivity index (χ2n) is 6.84. The lowest BCUT2D eigenvalue weighted by Crippen LogP contribution is -2.18. The van der Waals surface area contributed by atoms with Crippen LogP contribution in [0.15, 0.2) is 0 Å². The van der Waals surface area contributed by atoms with Crippen LogP contribution in [0.25, 0.3) is 0 Å². The van der Waals surface area contributed by atoms with Crippen LogP contribution in [0.1, 0.15) is 86.0 Å². The molecule has 0 amide bonds. The van der Waals surface area contributed by atoms with Crippen molar-refractivity contribution in [1.82, 2.24) is 0 Å². The molecule has 0 aliphatic heterocycles. The normalized spacial score (nSPS) is 35.2. The van der Waals surface area contributed by atoms with Crippen molar-refractivity contribution < 1.29 is 0 Å². The van der Waals surface area contributed by atoms with Crippen molar-refractivity contribution in [2.45, 2.75) is 86.0 Å². The van der Waals surface area contributed by atoms with Gasteiger partial charge in [-0.25, -0.2) is 0 Å². The smallest absolute Gasteiger partial charge is 0.0383 e. The summed E-state index contributed by atoms with van der Waals surface area (Å²) in [5, 5.41) is 0. The number of hydrogen-bond acceptors (Lipinski definition) is 0. The molecule has 0 saturated heterocycles. The molecule has 0 aromatic heterocycles. The van der Waals surface area contributed by atoms with Gasteiger partial charge in [0.1, 0.15) is 0 Å². The number of rotatable bonds is 6. The Kier molecular flexibility index (Phi) is 7.34. The van der Waals surface area contributed by atoms with E-state index < -0.39 is 0 Å². The van der Waals surface area contributed by atoms with Gasteiger partial charge in [0.2, 0.25) is 0 Å². The quantitative estimate of drug-likeness (QED) is 0.486. The van der Waals surface area contributed by atoms with Crippen LogP contribution in [0.3, 0.4) is 0 Å². The monoisotopic (exact) mass is 252 g/mol. The van der Waals surface area contributed by atoms with Crippen molar-refractivity contribution >= 4 is 0 Å². The van der Waals surface area contributed by atoms with Crippen LogP contribution in [0.2, 0.25) is 0 Å². The molecule has 5 atom stereocenters. The average Bonchev–Trinajstić information content (AvgIpc) is 2.57. The van der Waals surface area contributed by atoms with Crippen LogP contribution in [-0.2, 0) is 0 Å². The van der Waals surface area contributed by atoms with Crippen LogP contribution in [0.5, 0.6) is 0 Å². The molecule has 108 valence electrons. The summed E-state index contributed by atoms with van der Waals surface area (Å²) < 4.78 is 0. The van der Waals surface area contributed by atoms with Gasteiger partial charge in [-0.1, -0.05) is 66.7 Å². The Labute approximate surface area is 116 Å². The van der Waals surface area contributed by atoms with Crippen LogP contribution < -0.4 is 0 Å². The van der Waals surface area contributed by atoms with Crippen molar-refractivity contribution in [3.8, 4) is 0 Å². The van der Waals surface area contributed by atoms with Gasteiger partial charge in [0, 0.05) is 0 Å². The molecule has 0 aromatic rings. The highest BCUT2D eigenvalue weighted by atomic mass is 14.4. The van der Waals surface area contributed by atoms with Crippen LogP contribution >= 0.6 is 0 Å². The van der Waals surface area contributed by atoms with Gasteiger partial charge in [-0.05, 0) is 48.9 Å². The molecule has 1 aliphatic rings. The predicted molar refractivity (Wildman–Crippen MR) is 82.8 cm³/mol. The second-order valence-corrected chi connectivity index (χ2v) is 6.84. The summed E-state index contributed by atoms with van der Waals surface area (Å²) in [6.45, 7) is 12.1. The highest BCUT2D eigenvalue weighted by molar-refractivity contribution is 4.83. The molecule has 0 nitrogen and oxygen atoms in total. The van der Waals surface area contributed by atoms with E-state index in [1.54, 1.807) is 0 Å². The summed E-state index contributed by atoms with van der Waals surface area (Å²) in [5.74, 6) is 5.00. The van der Waals surface area contributed by atoms with E-state index in [4.69, 9.17) is 0 Å². The maximum absolute atomic E-state index is 2.49. The fourth-order valence-electron chi connectivity index (χ4n) is 4.18. The summed E-state index contributed by atoms with van der Waals surface area (Å²) in [4.78, 5) is 0. The van der Waals surface area contributed by atoms with Crippen LogP contribution in [0.4, 0.5) is 0 Å². The lowest BCUT2D eigenvalue weighted by Gasteiger charge is -2.28. The molecule has 1 saturated carbocycles. The molecule has 0 bridgehead atoms. The van der Waals surface area contributed by atoms with Crippen molar-refractivity contribution in [2.75, 3.05) is 0 Å².